The zero-order valence-electron chi connectivity index (χ0n) is 10.1. The Bertz CT molecular complexity index is 393. The Labute approximate surface area is 112 Å². The van der Waals surface area contributed by atoms with Crippen LogP contribution in [0.3, 0.4) is 0 Å². The molecular formula is C12H14BrF3O2. The Morgan fingerprint density at radius 1 is 1.11 bits per heavy atom. The molecule has 1 aromatic carbocycles. The number of hydrogen-bond donors (Lipinski definition) is 0. The van der Waals surface area contributed by atoms with E-state index in [1.807, 2.05) is 0 Å². The summed E-state index contributed by atoms with van der Waals surface area (Å²) in [7, 11) is 0. The van der Waals surface area contributed by atoms with Gasteiger partial charge < -0.3 is 9.47 Å². The Morgan fingerprint density at radius 2 is 1.67 bits per heavy atom. The minimum atomic E-state index is -4.34. The minimum Gasteiger partial charge on any atom is -0.490 e. The minimum absolute atomic E-state index is 0.0920. The Kier molecular flexibility index (Phi) is 5.31. The van der Waals surface area contributed by atoms with E-state index in [2.05, 4.69) is 15.9 Å². The zero-order valence-corrected chi connectivity index (χ0v) is 11.6. The van der Waals surface area contributed by atoms with Crippen LogP contribution in [0, 0.1) is 0 Å². The second kappa shape index (κ2) is 6.31. The van der Waals surface area contributed by atoms with Crippen molar-refractivity contribution in [2.75, 3.05) is 13.2 Å². The maximum absolute atomic E-state index is 12.6. The average Bonchev–Trinajstić information content (AvgIpc) is 2.30. The molecule has 0 heterocycles. The molecule has 102 valence electrons. The summed E-state index contributed by atoms with van der Waals surface area (Å²) in [6.07, 6.45) is -4.34. The van der Waals surface area contributed by atoms with Crippen LogP contribution < -0.4 is 9.47 Å². The first-order chi connectivity index (χ1) is 8.40. The lowest BCUT2D eigenvalue weighted by Gasteiger charge is -2.17. The van der Waals surface area contributed by atoms with Crippen molar-refractivity contribution < 1.29 is 22.6 Å². The van der Waals surface area contributed by atoms with Gasteiger partial charge in [-0.1, -0.05) is 22.0 Å². The predicted molar refractivity (Wildman–Crippen MR) is 66.5 cm³/mol. The molecule has 0 aliphatic heterocycles. The van der Waals surface area contributed by atoms with Crippen molar-refractivity contribution in [2.24, 2.45) is 0 Å². The number of halogens is 4. The van der Waals surface area contributed by atoms with Crippen LogP contribution in [0.1, 0.15) is 24.2 Å². The van der Waals surface area contributed by atoms with Gasteiger partial charge in [-0.3, -0.25) is 0 Å². The van der Waals surface area contributed by atoms with Crippen molar-refractivity contribution in [2.45, 2.75) is 24.9 Å². The summed E-state index contributed by atoms with van der Waals surface area (Å²) >= 11 is 2.63. The van der Waals surface area contributed by atoms with Gasteiger partial charge in [-0.25, -0.2) is 0 Å². The predicted octanol–water partition coefficient (Wildman–Crippen LogP) is 4.48. The van der Waals surface area contributed by atoms with Gasteiger partial charge in [-0.05, 0) is 31.5 Å². The molecule has 0 aliphatic carbocycles. The fourth-order valence-corrected chi connectivity index (χ4v) is 1.70. The van der Waals surface area contributed by atoms with Gasteiger partial charge in [0.1, 0.15) is 4.83 Å². The summed E-state index contributed by atoms with van der Waals surface area (Å²) in [5.74, 6) is 0.774. The highest BCUT2D eigenvalue weighted by Gasteiger charge is 2.39. The van der Waals surface area contributed by atoms with Crippen molar-refractivity contribution in [1.29, 1.82) is 0 Å². The molecule has 18 heavy (non-hydrogen) atoms. The summed E-state index contributed by atoms with van der Waals surface area (Å²) < 4.78 is 48.3. The lowest BCUT2D eigenvalue weighted by Crippen LogP contribution is -2.15. The number of ether oxygens (including phenoxy) is 2. The number of rotatable bonds is 5. The van der Waals surface area contributed by atoms with Crippen LogP contribution in [0.2, 0.25) is 0 Å². The molecule has 0 radical (unpaired) electrons. The first-order valence-corrected chi connectivity index (χ1v) is 6.42. The van der Waals surface area contributed by atoms with Crippen LogP contribution in [-0.2, 0) is 0 Å². The van der Waals surface area contributed by atoms with Crippen LogP contribution in [-0.4, -0.2) is 19.4 Å². The van der Waals surface area contributed by atoms with Crippen LogP contribution in [0.15, 0.2) is 18.2 Å². The average molecular weight is 327 g/mol. The Balaban J connectivity index is 3.06. The first kappa shape index (κ1) is 15.1. The van der Waals surface area contributed by atoms with Crippen LogP contribution in [0.25, 0.3) is 0 Å². The van der Waals surface area contributed by atoms with E-state index in [1.165, 1.54) is 18.2 Å². The maximum atomic E-state index is 12.6. The molecule has 1 aromatic rings. The van der Waals surface area contributed by atoms with E-state index >= 15 is 0 Å². The number of benzene rings is 1. The Morgan fingerprint density at radius 3 is 2.17 bits per heavy atom. The topological polar surface area (TPSA) is 18.5 Å². The molecule has 0 saturated heterocycles. The van der Waals surface area contributed by atoms with Crippen molar-refractivity contribution >= 4 is 15.9 Å². The molecule has 0 fully saturated rings. The molecule has 0 saturated carbocycles. The SMILES string of the molecule is CCOc1ccc(C(Br)C(F)(F)F)cc1OCC. The summed E-state index contributed by atoms with van der Waals surface area (Å²) in [5.41, 5.74) is 0.0920. The van der Waals surface area contributed by atoms with Gasteiger partial charge in [-0.2, -0.15) is 13.2 Å². The number of alkyl halides is 4. The quantitative estimate of drug-likeness (QED) is 0.742. The van der Waals surface area contributed by atoms with Gasteiger partial charge in [0.25, 0.3) is 0 Å². The normalized spacial score (nSPS) is 13.2. The monoisotopic (exact) mass is 326 g/mol. The van der Waals surface area contributed by atoms with E-state index in [-0.39, 0.29) is 5.56 Å². The van der Waals surface area contributed by atoms with Gasteiger partial charge in [0.15, 0.2) is 11.5 Å². The third-order valence-corrected chi connectivity index (χ3v) is 3.20. The van der Waals surface area contributed by atoms with E-state index < -0.39 is 11.0 Å². The van der Waals surface area contributed by atoms with Crippen molar-refractivity contribution in [3.05, 3.63) is 23.8 Å². The molecule has 0 N–H and O–H groups in total. The third-order valence-electron chi connectivity index (χ3n) is 2.15. The molecule has 1 atom stereocenters. The lowest BCUT2D eigenvalue weighted by molar-refractivity contribution is -0.128. The largest absolute Gasteiger partial charge is 0.490 e. The van der Waals surface area contributed by atoms with Gasteiger partial charge >= 0.3 is 6.18 Å². The van der Waals surface area contributed by atoms with E-state index in [0.717, 1.165) is 0 Å². The molecule has 0 aromatic heterocycles. The number of hydrogen-bond acceptors (Lipinski definition) is 2. The molecule has 0 spiro atoms. The zero-order chi connectivity index (χ0) is 13.8. The molecule has 6 heteroatoms. The molecule has 1 unspecified atom stereocenters. The van der Waals surface area contributed by atoms with Gasteiger partial charge in [-0.15, -0.1) is 0 Å². The summed E-state index contributed by atoms with van der Waals surface area (Å²) in [4.78, 5) is -1.71. The Hall–Kier alpha value is -0.910. The van der Waals surface area contributed by atoms with Crippen LogP contribution in [0.5, 0.6) is 11.5 Å². The maximum Gasteiger partial charge on any atom is 0.405 e. The second-order valence-corrected chi connectivity index (χ2v) is 4.39. The standard InChI is InChI=1S/C12H14BrF3O2/c1-3-17-9-6-5-8(7-10(9)18-4-2)11(13)12(14,15)16/h5-7,11H,3-4H2,1-2H3. The smallest absolute Gasteiger partial charge is 0.405 e. The van der Waals surface area contributed by atoms with E-state index in [9.17, 15) is 13.2 Å². The molecule has 0 bridgehead atoms. The summed E-state index contributed by atoms with van der Waals surface area (Å²) in [5, 5.41) is 0. The molecular weight excluding hydrogens is 313 g/mol. The summed E-state index contributed by atoms with van der Waals surface area (Å²) in [6, 6.07) is 4.21. The van der Waals surface area contributed by atoms with E-state index in [4.69, 9.17) is 9.47 Å². The molecule has 1 rings (SSSR count). The van der Waals surface area contributed by atoms with Gasteiger partial charge in [0, 0.05) is 0 Å². The third kappa shape index (κ3) is 3.80. The van der Waals surface area contributed by atoms with Crippen molar-refractivity contribution in [1.82, 2.24) is 0 Å². The van der Waals surface area contributed by atoms with Crippen molar-refractivity contribution in [3.8, 4) is 11.5 Å². The highest BCUT2D eigenvalue weighted by molar-refractivity contribution is 9.09. The fourth-order valence-electron chi connectivity index (χ4n) is 1.41. The van der Waals surface area contributed by atoms with Crippen molar-refractivity contribution in [3.63, 3.8) is 0 Å². The highest BCUT2D eigenvalue weighted by Crippen LogP contribution is 2.42. The summed E-state index contributed by atoms with van der Waals surface area (Å²) in [6.45, 7) is 4.35. The molecule has 0 amide bonds. The van der Waals surface area contributed by atoms with Crippen LogP contribution >= 0.6 is 15.9 Å². The van der Waals surface area contributed by atoms with Gasteiger partial charge in [0.2, 0.25) is 0 Å². The van der Waals surface area contributed by atoms with E-state index in [1.54, 1.807) is 13.8 Å². The second-order valence-electron chi connectivity index (χ2n) is 3.48. The fraction of sp³-hybridized carbons (Fsp3) is 0.500. The van der Waals surface area contributed by atoms with E-state index in [0.29, 0.717) is 24.7 Å². The van der Waals surface area contributed by atoms with Crippen LogP contribution in [0.4, 0.5) is 13.2 Å². The highest BCUT2D eigenvalue weighted by atomic mass is 79.9. The van der Waals surface area contributed by atoms with Gasteiger partial charge in [0.05, 0.1) is 13.2 Å². The molecule has 2 nitrogen and oxygen atoms in total. The first-order valence-electron chi connectivity index (χ1n) is 5.50. The molecule has 0 aliphatic rings. The lowest BCUT2D eigenvalue weighted by atomic mass is 10.1.